The van der Waals surface area contributed by atoms with Crippen LogP contribution < -0.4 is 0 Å². The molecule has 0 fully saturated rings. The zero-order valence-electron chi connectivity index (χ0n) is 9.57. The summed E-state index contributed by atoms with van der Waals surface area (Å²) in [4.78, 5) is 23.1. The SMILES string of the molecule is CCCC1CCC(SCCC(=O)O)=CC1=O. The third-order valence-electron chi connectivity index (χ3n) is 2.69. The molecule has 1 rings (SSSR count). The van der Waals surface area contributed by atoms with Crippen LogP contribution in [0.2, 0.25) is 0 Å². The van der Waals surface area contributed by atoms with E-state index in [2.05, 4.69) is 6.92 Å². The molecule has 0 saturated heterocycles. The maximum absolute atomic E-state index is 11.7. The van der Waals surface area contributed by atoms with Gasteiger partial charge in [0.1, 0.15) is 0 Å². The fourth-order valence-corrected chi connectivity index (χ4v) is 2.83. The van der Waals surface area contributed by atoms with Gasteiger partial charge in [-0.25, -0.2) is 0 Å². The molecule has 4 heteroatoms. The van der Waals surface area contributed by atoms with Crippen molar-refractivity contribution in [2.24, 2.45) is 5.92 Å². The molecule has 1 unspecified atom stereocenters. The fraction of sp³-hybridized carbons (Fsp3) is 0.667. The first-order valence-electron chi connectivity index (χ1n) is 5.72. The first-order valence-corrected chi connectivity index (χ1v) is 6.71. The Morgan fingerprint density at radius 2 is 2.38 bits per heavy atom. The van der Waals surface area contributed by atoms with Gasteiger partial charge in [-0.3, -0.25) is 9.59 Å². The Hall–Kier alpha value is -0.770. The molecule has 0 spiro atoms. The molecule has 1 aliphatic rings. The number of ketones is 1. The predicted octanol–water partition coefficient (Wildman–Crippen LogP) is 2.86. The van der Waals surface area contributed by atoms with E-state index in [1.165, 1.54) is 11.8 Å². The standard InChI is InChI=1S/C12H18O3S/c1-2-3-9-4-5-10(8-11(9)13)16-7-6-12(14)15/h8-9H,2-7H2,1H3,(H,14,15). The van der Waals surface area contributed by atoms with Crippen molar-refractivity contribution in [3.05, 3.63) is 11.0 Å². The van der Waals surface area contributed by atoms with Crippen molar-refractivity contribution in [1.82, 2.24) is 0 Å². The van der Waals surface area contributed by atoms with Crippen LogP contribution in [0.5, 0.6) is 0 Å². The Morgan fingerprint density at radius 3 is 2.94 bits per heavy atom. The van der Waals surface area contributed by atoms with Gasteiger partial charge in [-0.1, -0.05) is 13.3 Å². The van der Waals surface area contributed by atoms with E-state index in [0.29, 0.717) is 5.75 Å². The lowest BCUT2D eigenvalue weighted by Gasteiger charge is -2.19. The number of hydrogen-bond acceptors (Lipinski definition) is 3. The number of thioether (sulfide) groups is 1. The van der Waals surface area contributed by atoms with Crippen LogP contribution in [-0.2, 0) is 9.59 Å². The molecule has 3 nitrogen and oxygen atoms in total. The summed E-state index contributed by atoms with van der Waals surface area (Å²) < 4.78 is 0. The van der Waals surface area contributed by atoms with E-state index >= 15 is 0 Å². The summed E-state index contributed by atoms with van der Waals surface area (Å²) >= 11 is 1.51. The number of carboxylic acids is 1. The molecule has 0 bridgehead atoms. The van der Waals surface area contributed by atoms with E-state index < -0.39 is 5.97 Å². The third kappa shape index (κ3) is 4.39. The fourth-order valence-electron chi connectivity index (χ4n) is 1.83. The first-order chi connectivity index (χ1) is 7.63. The number of rotatable bonds is 6. The van der Waals surface area contributed by atoms with Gasteiger partial charge in [0, 0.05) is 11.7 Å². The van der Waals surface area contributed by atoms with E-state index in [1.54, 1.807) is 6.08 Å². The van der Waals surface area contributed by atoms with Gasteiger partial charge in [0.05, 0.1) is 6.42 Å². The summed E-state index contributed by atoms with van der Waals surface area (Å²) in [6.07, 6.45) is 5.76. The second kappa shape index (κ2) is 6.74. The van der Waals surface area contributed by atoms with Crippen LogP contribution in [0.15, 0.2) is 11.0 Å². The molecule has 1 atom stereocenters. The number of carbonyl (C=O) groups excluding carboxylic acids is 1. The van der Waals surface area contributed by atoms with Crippen molar-refractivity contribution in [2.45, 2.75) is 39.0 Å². The molecular formula is C12H18O3S. The van der Waals surface area contributed by atoms with Gasteiger partial charge in [-0.2, -0.15) is 0 Å². The Kier molecular flexibility index (Phi) is 5.60. The molecule has 1 aliphatic carbocycles. The van der Waals surface area contributed by atoms with Gasteiger partial charge in [0.15, 0.2) is 5.78 Å². The Morgan fingerprint density at radius 1 is 1.62 bits per heavy atom. The molecule has 0 saturated carbocycles. The highest BCUT2D eigenvalue weighted by Gasteiger charge is 2.21. The molecule has 0 aromatic rings. The Labute approximate surface area is 100 Å². The molecule has 90 valence electrons. The summed E-state index contributed by atoms with van der Waals surface area (Å²) in [6.45, 7) is 2.09. The largest absolute Gasteiger partial charge is 0.481 e. The van der Waals surface area contributed by atoms with E-state index in [0.717, 1.165) is 30.6 Å². The lowest BCUT2D eigenvalue weighted by Crippen LogP contribution is -2.16. The van der Waals surface area contributed by atoms with Crippen molar-refractivity contribution in [2.75, 3.05) is 5.75 Å². The second-order valence-corrected chi connectivity index (χ2v) is 5.25. The average molecular weight is 242 g/mol. The van der Waals surface area contributed by atoms with Crippen LogP contribution in [0.25, 0.3) is 0 Å². The second-order valence-electron chi connectivity index (χ2n) is 4.03. The van der Waals surface area contributed by atoms with E-state index in [9.17, 15) is 9.59 Å². The minimum Gasteiger partial charge on any atom is -0.481 e. The molecular weight excluding hydrogens is 224 g/mol. The van der Waals surface area contributed by atoms with Crippen LogP contribution in [0.1, 0.15) is 39.0 Å². The van der Waals surface area contributed by atoms with Crippen LogP contribution in [0.4, 0.5) is 0 Å². The van der Waals surface area contributed by atoms with Crippen molar-refractivity contribution in [3.63, 3.8) is 0 Å². The highest BCUT2D eigenvalue weighted by molar-refractivity contribution is 8.03. The summed E-state index contributed by atoms with van der Waals surface area (Å²) in [7, 11) is 0. The van der Waals surface area contributed by atoms with Crippen LogP contribution >= 0.6 is 11.8 Å². The van der Waals surface area contributed by atoms with Crippen LogP contribution in [-0.4, -0.2) is 22.6 Å². The Balaban J connectivity index is 2.37. The summed E-state index contributed by atoms with van der Waals surface area (Å²) in [5.74, 6) is 0.214. The first kappa shape index (κ1) is 13.3. The number of aliphatic carboxylic acids is 1. The third-order valence-corrected chi connectivity index (χ3v) is 3.79. The van der Waals surface area contributed by atoms with Crippen molar-refractivity contribution in [3.8, 4) is 0 Å². The van der Waals surface area contributed by atoms with Gasteiger partial charge in [0.25, 0.3) is 0 Å². The summed E-state index contributed by atoms with van der Waals surface area (Å²) in [6, 6.07) is 0. The lowest BCUT2D eigenvalue weighted by atomic mass is 9.89. The van der Waals surface area contributed by atoms with Gasteiger partial charge in [-0.15, -0.1) is 11.8 Å². The molecule has 0 aromatic carbocycles. The summed E-state index contributed by atoms with van der Waals surface area (Å²) in [5, 5.41) is 8.51. The lowest BCUT2D eigenvalue weighted by molar-refractivity contribution is -0.136. The maximum Gasteiger partial charge on any atom is 0.304 e. The number of carbonyl (C=O) groups is 2. The number of allylic oxidation sites excluding steroid dienone is 2. The molecule has 0 aliphatic heterocycles. The molecule has 0 amide bonds. The number of carboxylic acid groups (broad SMARTS) is 1. The number of hydrogen-bond donors (Lipinski definition) is 1. The zero-order valence-corrected chi connectivity index (χ0v) is 10.4. The van der Waals surface area contributed by atoms with E-state index in [4.69, 9.17) is 5.11 Å². The molecule has 0 heterocycles. The highest BCUT2D eigenvalue weighted by Crippen LogP contribution is 2.31. The van der Waals surface area contributed by atoms with Crippen molar-refractivity contribution >= 4 is 23.5 Å². The van der Waals surface area contributed by atoms with Crippen LogP contribution in [0, 0.1) is 5.92 Å². The molecule has 0 aromatic heterocycles. The quantitative estimate of drug-likeness (QED) is 0.778. The van der Waals surface area contributed by atoms with Gasteiger partial charge < -0.3 is 5.11 Å². The van der Waals surface area contributed by atoms with Crippen molar-refractivity contribution < 1.29 is 14.7 Å². The maximum atomic E-state index is 11.7. The Bertz CT molecular complexity index is 297. The minimum absolute atomic E-state index is 0.161. The van der Waals surface area contributed by atoms with E-state index in [-0.39, 0.29) is 18.1 Å². The summed E-state index contributed by atoms with van der Waals surface area (Å²) in [5.41, 5.74) is 0. The minimum atomic E-state index is -0.779. The predicted molar refractivity (Wildman–Crippen MR) is 65.4 cm³/mol. The smallest absolute Gasteiger partial charge is 0.304 e. The van der Waals surface area contributed by atoms with Gasteiger partial charge in [0.2, 0.25) is 0 Å². The zero-order chi connectivity index (χ0) is 12.0. The van der Waals surface area contributed by atoms with Gasteiger partial charge >= 0.3 is 5.97 Å². The highest BCUT2D eigenvalue weighted by atomic mass is 32.2. The van der Waals surface area contributed by atoms with Gasteiger partial charge in [-0.05, 0) is 30.2 Å². The molecule has 16 heavy (non-hydrogen) atoms. The van der Waals surface area contributed by atoms with Crippen molar-refractivity contribution in [1.29, 1.82) is 0 Å². The topological polar surface area (TPSA) is 54.4 Å². The monoisotopic (exact) mass is 242 g/mol. The van der Waals surface area contributed by atoms with E-state index in [1.807, 2.05) is 0 Å². The molecule has 1 N–H and O–H groups in total. The van der Waals surface area contributed by atoms with Crippen LogP contribution in [0.3, 0.4) is 0 Å². The normalized spacial score (nSPS) is 20.7. The average Bonchev–Trinajstić information content (AvgIpc) is 2.21. The molecule has 0 radical (unpaired) electrons.